The Kier molecular flexibility index (Phi) is 5.20. The first kappa shape index (κ1) is 16.3. The summed E-state index contributed by atoms with van der Waals surface area (Å²) in [4.78, 5) is 0. The third-order valence-corrected chi connectivity index (χ3v) is 6.41. The Bertz CT molecular complexity index is 741. The fraction of sp³-hybridized carbons (Fsp3) is 0.375. The molecule has 1 aromatic carbocycles. The maximum Gasteiger partial charge on any atom is 0.250 e. The SMILES string of the molecule is O=S(=O)(NCCCCc1ccc2c(c1)OCCO2)c1cccs1. The predicted octanol–water partition coefficient (Wildman–Crippen LogP) is 2.82. The fourth-order valence-corrected chi connectivity index (χ4v) is 4.50. The molecule has 1 aliphatic rings. The third kappa shape index (κ3) is 4.25. The van der Waals surface area contributed by atoms with Crippen LogP contribution in [0.5, 0.6) is 11.5 Å². The van der Waals surface area contributed by atoms with Crippen molar-refractivity contribution in [1.82, 2.24) is 4.72 Å². The molecule has 0 amide bonds. The Balaban J connectivity index is 1.43. The molecular weight excluding hydrogens is 334 g/mol. The summed E-state index contributed by atoms with van der Waals surface area (Å²) in [6, 6.07) is 9.32. The van der Waals surface area contributed by atoms with E-state index in [0.29, 0.717) is 24.0 Å². The highest BCUT2D eigenvalue weighted by Crippen LogP contribution is 2.31. The minimum Gasteiger partial charge on any atom is -0.486 e. The van der Waals surface area contributed by atoms with Crippen LogP contribution in [-0.4, -0.2) is 28.2 Å². The van der Waals surface area contributed by atoms with E-state index in [2.05, 4.69) is 4.72 Å². The molecule has 5 nitrogen and oxygen atoms in total. The number of fused-ring (bicyclic) bond motifs is 1. The van der Waals surface area contributed by atoms with Gasteiger partial charge >= 0.3 is 0 Å². The van der Waals surface area contributed by atoms with Crippen LogP contribution >= 0.6 is 11.3 Å². The molecule has 0 spiro atoms. The molecule has 23 heavy (non-hydrogen) atoms. The average molecular weight is 353 g/mol. The molecule has 0 saturated heterocycles. The second-order valence-corrected chi connectivity index (χ2v) is 8.21. The van der Waals surface area contributed by atoms with Gasteiger partial charge in [0.2, 0.25) is 10.0 Å². The summed E-state index contributed by atoms with van der Waals surface area (Å²) in [5, 5.41) is 1.76. The van der Waals surface area contributed by atoms with E-state index < -0.39 is 10.0 Å². The lowest BCUT2D eigenvalue weighted by Crippen LogP contribution is -2.24. The van der Waals surface area contributed by atoms with Gasteiger partial charge in [-0.3, -0.25) is 0 Å². The quantitative estimate of drug-likeness (QED) is 0.778. The van der Waals surface area contributed by atoms with Crippen LogP contribution in [0.15, 0.2) is 39.9 Å². The van der Waals surface area contributed by atoms with Crippen LogP contribution in [0.1, 0.15) is 18.4 Å². The van der Waals surface area contributed by atoms with E-state index in [1.165, 1.54) is 16.9 Å². The van der Waals surface area contributed by atoms with Crippen LogP contribution < -0.4 is 14.2 Å². The topological polar surface area (TPSA) is 64.6 Å². The molecule has 2 heterocycles. The molecule has 3 rings (SSSR count). The van der Waals surface area contributed by atoms with Crippen LogP contribution in [0.2, 0.25) is 0 Å². The van der Waals surface area contributed by atoms with Crippen LogP contribution in [0.3, 0.4) is 0 Å². The van der Waals surface area contributed by atoms with Crippen molar-refractivity contribution in [3.8, 4) is 11.5 Å². The standard InChI is InChI=1S/C16H19NO4S2/c18-23(19,16-5-3-11-22-16)17-8-2-1-4-13-6-7-14-15(12-13)21-10-9-20-14/h3,5-7,11-12,17H,1-2,4,8-10H2. The van der Waals surface area contributed by atoms with E-state index in [1.54, 1.807) is 17.5 Å². The zero-order valence-electron chi connectivity index (χ0n) is 12.7. The van der Waals surface area contributed by atoms with Crippen LogP contribution in [-0.2, 0) is 16.4 Å². The van der Waals surface area contributed by atoms with E-state index in [-0.39, 0.29) is 0 Å². The van der Waals surface area contributed by atoms with Gasteiger partial charge in [-0.05, 0) is 48.4 Å². The van der Waals surface area contributed by atoms with Crippen molar-refractivity contribution in [3.63, 3.8) is 0 Å². The zero-order chi connectivity index (χ0) is 16.1. The summed E-state index contributed by atoms with van der Waals surface area (Å²) in [7, 11) is -3.34. The normalized spacial score (nSPS) is 13.9. The van der Waals surface area contributed by atoms with E-state index in [0.717, 1.165) is 30.8 Å². The second kappa shape index (κ2) is 7.33. The number of hydrogen-bond donors (Lipinski definition) is 1. The van der Waals surface area contributed by atoms with Gasteiger partial charge < -0.3 is 9.47 Å². The lowest BCUT2D eigenvalue weighted by molar-refractivity contribution is 0.171. The number of benzene rings is 1. The highest BCUT2D eigenvalue weighted by molar-refractivity contribution is 7.91. The molecule has 7 heteroatoms. The number of ether oxygens (including phenoxy) is 2. The van der Waals surface area contributed by atoms with Gasteiger partial charge in [0.05, 0.1) is 0 Å². The van der Waals surface area contributed by atoms with Crippen molar-refractivity contribution in [2.75, 3.05) is 19.8 Å². The Morgan fingerprint density at radius 3 is 2.70 bits per heavy atom. The summed E-state index contributed by atoms with van der Waals surface area (Å²) < 4.78 is 38.0. The lowest BCUT2D eigenvalue weighted by atomic mass is 10.1. The molecular formula is C16H19NO4S2. The minimum absolute atomic E-state index is 0.365. The average Bonchev–Trinajstić information content (AvgIpc) is 3.10. The molecule has 0 bridgehead atoms. The first-order valence-electron chi connectivity index (χ1n) is 7.57. The first-order valence-corrected chi connectivity index (χ1v) is 9.93. The molecule has 0 aliphatic carbocycles. The lowest BCUT2D eigenvalue weighted by Gasteiger charge is -2.18. The number of rotatable bonds is 7. The largest absolute Gasteiger partial charge is 0.486 e. The Morgan fingerprint density at radius 2 is 1.91 bits per heavy atom. The van der Waals surface area contributed by atoms with Gasteiger partial charge in [-0.2, -0.15) is 0 Å². The molecule has 0 atom stereocenters. The Labute approximate surface area is 140 Å². The highest BCUT2D eigenvalue weighted by atomic mass is 32.2. The van der Waals surface area contributed by atoms with Crippen molar-refractivity contribution < 1.29 is 17.9 Å². The first-order chi connectivity index (χ1) is 11.1. The molecule has 124 valence electrons. The Morgan fingerprint density at radius 1 is 1.09 bits per heavy atom. The smallest absolute Gasteiger partial charge is 0.250 e. The van der Waals surface area contributed by atoms with Crippen molar-refractivity contribution >= 4 is 21.4 Å². The summed E-state index contributed by atoms with van der Waals surface area (Å²) >= 11 is 1.23. The van der Waals surface area contributed by atoms with Gasteiger partial charge in [0, 0.05) is 6.54 Å². The highest BCUT2D eigenvalue weighted by Gasteiger charge is 2.14. The van der Waals surface area contributed by atoms with Gasteiger partial charge in [0.15, 0.2) is 11.5 Å². The maximum absolute atomic E-state index is 12.0. The van der Waals surface area contributed by atoms with E-state index in [4.69, 9.17) is 9.47 Å². The van der Waals surface area contributed by atoms with Crippen LogP contribution in [0.25, 0.3) is 0 Å². The van der Waals surface area contributed by atoms with E-state index >= 15 is 0 Å². The molecule has 0 saturated carbocycles. The molecule has 1 aliphatic heterocycles. The zero-order valence-corrected chi connectivity index (χ0v) is 14.3. The molecule has 0 fully saturated rings. The summed E-state index contributed by atoms with van der Waals surface area (Å²) in [6.45, 7) is 1.63. The number of sulfonamides is 1. The fourth-order valence-electron chi connectivity index (χ4n) is 2.39. The molecule has 1 N–H and O–H groups in total. The number of nitrogens with one attached hydrogen (secondary N) is 1. The number of thiophene rings is 1. The van der Waals surface area contributed by atoms with Crippen molar-refractivity contribution in [2.24, 2.45) is 0 Å². The monoisotopic (exact) mass is 353 g/mol. The molecule has 1 aromatic heterocycles. The van der Waals surface area contributed by atoms with Crippen molar-refractivity contribution in [3.05, 3.63) is 41.3 Å². The molecule has 2 aromatic rings. The van der Waals surface area contributed by atoms with Gasteiger partial charge in [-0.1, -0.05) is 12.1 Å². The Hall–Kier alpha value is -1.57. The number of unbranched alkanes of at least 4 members (excludes halogenated alkanes) is 1. The number of aryl methyl sites for hydroxylation is 1. The number of hydrogen-bond acceptors (Lipinski definition) is 5. The van der Waals surface area contributed by atoms with Crippen LogP contribution in [0.4, 0.5) is 0 Å². The molecule has 0 unspecified atom stereocenters. The minimum atomic E-state index is -3.34. The summed E-state index contributed by atoms with van der Waals surface area (Å²) in [5.74, 6) is 1.59. The predicted molar refractivity (Wildman–Crippen MR) is 89.9 cm³/mol. The molecule has 0 radical (unpaired) electrons. The third-order valence-electron chi connectivity index (χ3n) is 3.55. The summed E-state index contributed by atoms with van der Waals surface area (Å²) in [6.07, 6.45) is 2.59. The van der Waals surface area contributed by atoms with Gasteiger partial charge in [-0.25, -0.2) is 13.1 Å². The van der Waals surface area contributed by atoms with E-state index in [1.807, 2.05) is 18.2 Å². The van der Waals surface area contributed by atoms with Gasteiger partial charge in [-0.15, -0.1) is 11.3 Å². The maximum atomic E-state index is 12.0. The summed E-state index contributed by atoms with van der Waals surface area (Å²) in [5.41, 5.74) is 1.18. The van der Waals surface area contributed by atoms with Gasteiger partial charge in [0.25, 0.3) is 0 Å². The van der Waals surface area contributed by atoms with E-state index in [9.17, 15) is 8.42 Å². The van der Waals surface area contributed by atoms with Crippen LogP contribution in [0, 0.1) is 0 Å². The second-order valence-electron chi connectivity index (χ2n) is 5.26. The van der Waals surface area contributed by atoms with Crippen molar-refractivity contribution in [2.45, 2.75) is 23.5 Å². The van der Waals surface area contributed by atoms with Gasteiger partial charge in [0.1, 0.15) is 17.4 Å². The van der Waals surface area contributed by atoms with Crippen molar-refractivity contribution in [1.29, 1.82) is 0 Å².